The zero-order valence-electron chi connectivity index (χ0n) is 12.1. The van der Waals surface area contributed by atoms with Gasteiger partial charge >= 0.3 is 0 Å². The molecule has 0 amide bonds. The van der Waals surface area contributed by atoms with Gasteiger partial charge in [-0.2, -0.15) is 4.31 Å². The summed E-state index contributed by atoms with van der Waals surface area (Å²) in [5, 5.41) is 10.9. The number of non-ortho nitro benzene ring substituents is 1. The van der Waals surface area contributed by atoms with Gasteiger partial charge in [-0.15, -0.1) is 0 Å². The topological polar surface area (TPSA) is 83.8 Å². The molecule has 1 aromatic carbocycles. The fraction of sp³-hybridized carbons (Fsp3) is 0.538. The second-order valence-electron chi connectivity index (χ2n) is 5.20. The average molecular weight is 312 g/mol. The Morgan fingerprint density at radius 2 is 1.95 bits per heavy atom. The molecule has 115 valence electrons. The van der Waals surface area contributed by atoms with Crippen LogP contribution in [0.3, 0.4) is 0 Å². The fourth-order valence-corrected chi connectivity index (χ4v) is 3.84. The molecule has 7 nitrogen and oxygen atoms in total. The van der Waals surface area contributed by atoms with Gasteiger partial charge in [0.1, 0.15) is 0 Å². The maximum absolute atomic E-state index is 12.6. The summed E-state index contributed by atoms with van der Waals surface area (Å²) in [5.74, 6) is 0. The van der Waals surface area contributed by atoms with Gasteiger partial charge in [-0.05, 0) is 32.5 Å². The van der Waals surface area contributed by atoms with E-state index in [1.807, 2.05) is 7.05 Å². The number of nitro benzene ring substituents is 1. The Kier molecular flexibility index (Phi) is 4.60. The Labute approximate surface area is 124 Å². The van der Waals surface area contributed by atoms with E-state index < -0.39 is 14.9 Å². The van der Waals surface area contributed by atoms with Gasteiger partial charge in [-0.25, -0.2) is 8.42 Å². The van der Waals surface area contributed by atoms with E-state index in [-0.39, 0.29) is 10.6 Å². The lowest BCUT2D eigenvalue weighted by Crippen LogP contribution is -2.34. The first-order chi connectivity index (χ1) is 9.80. The molecule has 1 saturated heterocycles. The molecule has 0 atom stereocenters. The van der Waals surface area contributed by atoms with Crippen molar-refractivity contribution in [2.24, 2.45) is 0 Å². The van der Waals surface area contributed by atoms with Crippen molar-refractivity contribution in [3.8, 4) is 0 Å². The number of hydrogen-bond acceptors (Lipinski definition) is 5. The molecule has 1 aliphatic heterocycles. The Bertz CT molecular complexity index is 645. The SMILES string of the molecule is Cc1[c]c(S(=O)(=O)N2CCCN(C)CC2)cc([N+](=O)[O-])c1. The molecule has 8 heteroatoms. The van der Waals surface area contributed by atoms with Gasteiger partial charge in [0.2, 0.25) is 10.0 Å². The average Bonchev–Trinajstić information content (AvgIpc) is 2.63. The summed E-state index contributed by atoms with van der Waals surface area (Å²) >= 11 is 0. The molecule has 2 rings (SSSR count). The first-order valence-electron chi connectivity index (χ1n) is 6.68. The van der Waals surface area contributed by atoms with Gasteiger partial charge in [0.05, 0.1) is 9.82 Å². The number of benzene rings is 1. The van der Waals surface area contributed by atoms with Crippen LogP contribution in [0.25, 0.3) is 0 Å². The number of rotatable bonds is 3. The molecule has 0 saturated carbocycles. The number of likely N-dealkylation sites (N-methyl/N-ethyl adjacent to an activating group) is 1. The zero-order valence-corrected chi connectivity index (χ0v) is 12.9. The smallest absolute Gasteiger partial charge is 0.271 e. The monoisotopic (exact) mass is 312 g/mol. The third-order valence-electron chi connectivity index (χ3n) is 3.47. The summed E-state index contributed by atoms with van der Waals surface area (Å²) in [6.07, 6.45) is 0.740. The van der Waals surface area contributed by atoms with Gasteiger partial charge in [0.25, 0.3) is 5.69 Å². The van der Waals surface area contributed by atoms with Crippen molar-refractivity contribution in [1.29, 1.82) is 0 Å². The van der Waals surface area contributed by atoms with Crippen molar-refractivity contribution in [2.45, 2.75) is 18.2 Å². The van der Waals surface area contributed by atoms with Gasteiger partial charge in [0.15, 0.2) is 0 Å². The molecule has 1 radical (unpaired) electrons. The van der Waals surface area contributed by atoms with Crippen LogP contribution in [0.1, 0.15) is 12.0 Å². The molecule has 21 heavy (non-hydrogen) atoms. The molecule has 0 aliphatic carbocycles. The van der Waals surface area contributed by atoms with E-state index in [9.17, 15) is 18.5 Å². The predicted molar refractivity (Wildman–Crippen MR) is 77.5 cm³/mol. The molecular weight excluding hydrogens is 294 g/mol. The molecule has 1 aliphatic rings. The molecule has 0 N–H and O–H groups in total. The predicted octanol–water partition coefficient (Wildman–Crippen LogP) is 1.03. The largest absolute Gasteiger partial charge is 0.305 e. The minimum Gasteiger partial charge on any atom is -0.305 e. The highest BCUT2D eigenvalue weighted by Crippen LogP contribution is 2.23. The van der Waals surface area contributed by atoms with E-state index in [0.29, 0.717) is 25.2 Å². The summed E-state index contributed by atoms with van der Waals surface area (Å²) in [6, 6.07) is 5.12. The van der Waals surface area contributed by atoms with Crippen LogP contribution in [0.15, 0.2) is 17.0 Å². The quantitative estimate of drug-likeness (QED) is 0.615. The summed E-state index contributed by atoms with van der Waals surface area (Å²) in [5.41, 5.74) is 0.214. The molecule has 0 spiro atoms. The Morgan fingerprint density at radius 1 is 1.24 bits per heavy atom. The number of sulfonamides is 1. The maximum atomic E-state index is 12.6. The standard InChI is InChI=1S/C13H18N3O4S/c1-11-8-12(16(17)18)10-13(9-11)21(19,20)15-5-3-4-14(2)6-7-15/h8,10H,3-7H2,1-2H3. The van der Waals surface area contributed by atoms with Crippen LogP contribution in [-0.2, 0) is 10.0 Å². The van der Waals surface area contributed by atoms with Crippen molar-refractivity contribution < 1.29 is 13.3 Å². The van der Waals surface area contributed by atoms with Crippen LogP contribution in [0.4, 0.5) is 5.69 Å². The van der Waals surface area contributed by atoms with Crippen molar-refractivity contribution in [1.82, 2.24) is 9.21 Å². The van der Waals surface area contributed by atoms with E-state index in [0.717, 1.165) is 19.0 Å². The van der Waals surface area contributed by atoms with Crippen molar-refractivity contribution >= 4 is 15.7 Å². The number of nitro groups is 1. The minimum absolute atomic E-state index is 0.126. The number of aryl methyl sites for hydroxylation is 1. The Hall–Kier alpha value is -1.51. The first-order valence-corrected chi connectivity index (χ1v) is 8.12. The van der Waals surface area contributed by atoms with Crippen LogP contribution in [0, 0.1) is 23.1 Å². The van der Waals surface area contributed by atoms with Gasteiger partial charge in [-0.3, -0.25) is 10.1 Å². The molecule has 0 aromatic heterocycles. The first kappa shape index (κ1) is 15.9. The molecular formula is C13H18N3O4S. The van der Waals surface area contributed by atoms with Crippen LogP contribution in [-0.4, -0.2) is 55.8 Å². The second kappa shape index (κ2) is 6.08. The lowest BCUT2D eigenvalue weighted by atomic mass is 10.2. The molecule has 1 fully saturated rings. The summed E-state index contributed by atoms with van der Waals surface area (Å²) in [7, 11) is -1.80. The van der Waals surface area contributed by atoms with Crippen LogP contribution in [0.5, 0.6) is 0 Å². The van der Waals surface area contributed by atoms with Gasteiger partial charge in [-0.1, -0.05) is 0 Å². The van der Waals surface area contributed by atoms with Crippen molar-refractivity contribution in [2.75, 3.05) is 33.2 Å². The molecule has 1 aromatic rings. The normalized spacial score (nSPS) is 18.4. The number of nitrogens with zero attached hydrogens (tertiary/aromatic N) is 3. The molecule has 1 heterocycles. The second-order valence-corrected chi connectivity index (χ2v) is 7.11. The Balaban J connectivity index is 2.37. The maximum Gasteiger partial charge on any atom is 0.271 e. The molecule has 0 unspecified atom stereocenters. The van der Waals surface area contributed by atoms with E-state index in [1.54, 1.807) is 6.92 Å². The third kappa shape index (κ3) is 3.58. The number of hydrogen-bond donors (Lipinski definition) is 0. The van der Waals surface area contributed by atoms with Gasteiger partial charge in [0, 0.05) is 37.8 Å². The Morgan fingerprint density at radius 3 is 2.62 bits per heavy atom. The van der Waals surface area contributed by atoms with E-state index in [4.69, 9.17) is 0 Å². The lowest BCUT2D eigenvalue weighted by molar-refractivity contribution is -0.385. The summed E-state index contributed by atoms with van der Waals surface area (Å²) < 4.78 is 26.6. The van der Waals surface area contributed by atoms with Crippen LogP contribution >= 0.6 is 0 Å². The van der Waals surface area contributed by atoms with E-state index in [2.05, 4.69) is 11.0 Å². The van der Waals surface area contributed by atoms with Crippen molar-refractivity contribution in [3.63, 3.8) is 0 Å². The summed E-state index contributed by atoms with van der Waals surface area (Å²) in [4.78, 5) is 12.2. The highest BCUT2D eigenvalue weighted by Gasteiger charge is 2.28. The van der Waals surface area contributed by atoms with Crippen LogP contribution in [0.2, 0.25) is 0 Å². The van der Waals surface area contributed by atoms with E-state index >= 15 is 0 Å². The third-order valence-corrected chi connectivity index (χ3v) is 5.29. The highest BCUT2D eigenvalue weighted by atomic mass is 32.2. The minimum atomic E-state index is -3.74. The highest BCUT2D eigenvalue weighted by molar-refractivity contribution is 7.89. The van der Waals surface area contributed by atoms with E-state index in [1.165, 1.54) is 10.4 Å². The summed E-state index contributed by atoms with van der Waals surface area (Å²) in [6.45, 7) is 3.88. The van der Waals surface area contributed by atoms with Crippen molar-refractivity contribution in [3.05, 3.63) is 33.9 Å². The molecule has 0 bridgehead atoms. The zero-order chi connectivity index (χ0) is 15.6. The lowest BCUT2D eigenvalue weighted by Gasteiger charge is -2.20. The van der Waals surface area contributed by atoms with Crippen LogP contribution < -0.4 is 0 Å². The van der Waals surface area contributed by atoms with Gasteiger partial charge < -0.3 is 4.90 Å². The fourth-order valence-electron chi connectivity index (χ4n) is 2.31.